The largest absolute Gasteiger partial charge is 0.459 e. The molecular weight excluding hydrogens is 246 g/mol. The van der Waals surface area contributed by atoms with Crippen LogP contribution in [0.4, 0.5) is 0 Å². The lowest BCUT2D eigenvalue weighted by molar-refractivity contribution is 0.357. The van der Waals surface area contributed by atoms with Gasteiger partial charge in [0.25, 0.3) is 0 Å². The lowest BCUT2D eigenvalue weighted by Crippen LogP contribution is -2.24. The molecule has 1 heterocycles. The van der Waals surface area contributed by atoms with Crippen molar-refractivity contribution in [3.05, 3.63) is 35.6 Å². The molecule has 0 aliphatic carbocycles. The maximum Gasteiger partial charge on any atom is 0.134 e. The van der Waals surface area contributed by atoms with Crippen molar-refractivity contribution < 1.29 is 4.42 Å². The molecule has 1 atom stereocenters. The maximum atomic E-state index is 6.05. The van der Waals surface area contributed by atoms with E-state index in [0.717, 1.165) is 17.9 Å². The quantitative estimate of drug-likeness (QED) is 0.844. The van der Waals surface area contributed by atoms with Crippen LogP contribution >= 0.6 is 0 Å². The van der Waals surface area contributed by atoms with Crippen LogP contribution in [0.1, 0.15) is 58.9 Å². The highest BCUT2D eigenvalue weighted by Gasteiger charge is 2.20. The normalized spacial score (nSPS) is 14.2. The minimum absolute atomic E-state index is 0.171. The van der Waals surface area contributed by atoms with Gasteiger partial charge in [-0.05, 0) is 41.6 Å². The van der Waals surface area contributed by atoms with Gasteiger partial charge in [0, 0.05) is 5.39 Å². The second kappa shape index (κ2) is 5.61. The third-order valence-corrected chi connectivity index (χ3v) is 3.80. The molecule has 20 heavy (non-hydrogen) atoms. The van der Waals surface area contributed by atoms with Gasteiger partial charge in [-0.2, -0.15) is 0 Å². The summed E-state index contributed by atoms with van der Waals surface area (Å²) in [6.07, 6.45) is 0. The van der Waals surface area contributed by atoms with Gasteiger partial charge in [0.1, 0.15) is 11.3 Å². The van der Waals surface area contributed by atoms with Crippen LogP contribution in [0.5, 0.6) is 0 Å². The van der Waals surface area contributed by atoms with Crippen LogP contribution in [0.3, 0.4) is 0 Å². The van der Waals surface area contributed by atoms with E-state index >= 15 is 0 Å². The van der Waals surface area contributed by atoms with Crippen molar-refractivity contribution in [3.63, 3.8) is 0 Å². The Morgan fingerprint density at radius 3 is 2.40 bits per heavy atom. The van der Waals surface area contributed by atoms with Crippen molar-refractivity contribution in [2.75, 3.05) is 6.54 Å². The van der Waals surface area contributed by atoms with E-state index in [1.54, 1.807) is 0 Å². The number of hydrogen-bond donors (Lipinski definition) is 1. The van der Waals surface area contributed by atoms with E-state index in [-0.39, 0.29) is 11.5 Å². The van der Waals surface area contributed by atoms with E-state index in [1.807, 2.05) is 0 Å². The minimum Gasteiger partial charge on any atom is -0.459 e. The number of benzene rings is 1. The molecule has 110 valence electrons. The first kappa shape index (κ1) is 15.1. The lowest BCUT2D eigenvalue weighted by atomic mass is 9.86. The molecule has 2 rings (SSSR count). The first-order valence-corrected chi connectivity index (χ1v) is 7.60. The zero-order valence-corrected chi connectivity index (χ0v) is 13.6. The highest BCUT2D eigenvalue weighted by Crippen LogP contribution is 2.31. The molecule has 2 heteroatoms. The van der Waals surface area contributed by atoms with Crippen molar-refractivity contribution in [3.8, 4) is 0 Å². The summed E-state index contributed by atoms with van der Waals surface area (Å²) in [6.45, 7) is 14.3. The maximum absolute atomic E-state index is 6.05. The lowest BCUT2D eigenvalue weighted by Gasteiger charge is -2.18. The van der Waals surface area contributed by atoms with Crippen LogP contribution in [0.15, 0.2) is 28.7 Å². The molecule has 1 N–H and O–H groups in total. The third-order valence-electron chi connectivity index (χ3n) is 3.80. The smallest absolute Gasteiger partial charge is 0.134 e. The predicted octanol–water partition coefficient (Wildman–Crippen LogP) is 5.04. The summed E-state index contributed by atoms with van der Waals surface area (Å²) in [5.74, 6) is 1.56. The fourth-order valence-corrected chi connectivity index (χ4v) is 2.57. The van der Waals surface area contributed by atoms with Gasteiger partial charge in [-0.3, -0.25) is 0 Å². The molecule has 1 aromatic heterocycles. The molecule has 0 saturated carbocycles. The third kappa shape index (κ3) is 3.06. The average Bonchev–Trinajstić information content (AvgIpc) is 2.76. The fourth-order valence-electron chi connectivity index (χ4n) is 2.57. The Bertz CT molecular complexity index is 575. The zero-order valence-electron chi connectivity index (χ0n) is 13.6. The Balaban J connectivity index is 2.42. The molecule has 1 aromatic carbocycles. The van der Waals surface area contributed by atoms with Crippen molar-refractivity contribution >= 4 is 11.0 Å². The SMILES string of the molecule is CCNC(c1cc2cc(C(C)(C)C)ccc2o1)C(C)C. The van der Waals surface area contributed by atoms with Crippen LogP contribution < -0.4 is 5.32 Å². The van der Waals surface area contributed by atoms with Crippen LogP contribution in [0.25, 0.3) is 11.0 Å². The van der Waals surface area contributed by atoms with Gasteiger partial charge in [-0.15, -0.1) is 0 Å². The van der Waals surface area contributed by atoms with Gasteiger partial charge in [-0.1, -0.05) is 47.6 Å². The number of fused-ring (bicyclic) bond motifs is 1. The summed E-state index contributed by atoms with van der Waals surface area (Å²) >= 11 is 0. The van der Waals surface area contributed by atoms with Gasteiger partial charge < -0.3 is 9.73 Å². The molecule has 0 bridgehead atoms. The van der Waals surface area contributed by atoms with Crippen LogP contribution in [0, 0.1) is 5.92 Å². The van der Waals surface area contributed by atoms with E-state index in [9.17, 15) is 0 Å². The summed E-state index contributed by atoms with van der Waals surface area (Å²) in [5.41, 5.74) is 2.50. The van der Waals surface area contributed by atoms with Gasteiger partial charge >= 0.3 is 0 Å². The predicted molar refractivity (Wildman–Crippen MR) is 86.2 cm³/mol. The molecule has 0 aliphatic heterocycles. The number of furan rings is 1. The minimum atomic E-state index is 0.171. The molecule has 0 amide bonds. The summed E-state index contributed by atoms with van der Waals surface area (Å²) in [6, 6.07) is 9.00. The molecule has 0 radical (unpaired) electrons. The van der Waals surface area contributed by atoms with Crippen molar-refractivity contribution in [1.29, 1.82) is 0 Å². The highest BCUT2D eigenvalue weighted by atomic mass is 16.3. The van der Waals surface area contributed by atoms with Gasteiger partial charge in [-0.25, -0.2) is 0 Å². The number of nitrogens with one attached hydrogen (secondary N) is 1. The summed E-state index contributed by atoms with van der Waals surface area (Å²) in [7, 11) is 0. The number of rotatable bonds is 4. The topological polar surface area (TPSA) is 25.2 Å². The Labute approximate surface area is 122 Å². The van der Waals surface area contributed by atoms with Crippen LogP contribution in [-0.2, 0) is 5.41 Å². The van der Waals surface area contributed by atoms with Gasteiger partial charge in [0.15, 0.2) is 0 Å². The van der Waals surface area contributed by atoms with Crippen LogP contribution in [0.2, 0.25) is 0 Å². The monoisotopic (exact) mass is 273 g/mol. The second-order valence-electron chi connectivity index (χ2n) is 6.93. The zero-order chi connectivity index (χ0) is 14.9. The molecule has 1 unspecified atom stereocenters. The van der Waals surface area contributed by atoms with Crippen molar-refractivity contribution in [2.45, 2.75) is 53.0 Å². The Kier molecular flexibility index (Phi) is 4.24. The highest BCUT2D eigenvalue weighted by molar-refractivity contribution is 5.79. The Morgan fingerprint density at radius 1 is 1.15 bits per heavy atom. The van der Waals surface area contributed by atoms with Crippen LogP contribution in [-0.4, -0.2) is 6.54 Å². The van der Waals surface area contributed by atoms with Crippen molar-refractivity contribution in [1.82, 2.24) is 5.32 Å². The summed E-state index contributed by atoms with van der Waals surface area (Å²) in [4.78, 5) is 0. The van der Waals surface area contributed by atoms with E-state index < -0.39 is 0 Å². The first-order chi connectivity index (χ1) is 9.32. The molecule has 2 aromatic rings. The van der Waals surface area contributed by atoms with E-state index in [1.165, 1.54) is 10.9 Å². The fraction of sp³-hybridized carbons (Fsp3) is 0.556. The van der Waals surface area contributed by atoms with Crippen molar-refractivity contribution in [2.24, 2.45) is 5.92 Å². The Morgan fingerprint density at radius 2 is 1.85 bits per heavy atom. The molecule has 0 fully saturated rings. The first-order valence-electron chi connectivity index (χ1n) is 7.60. The average molecular weight is 273 g/mol. The van der Waals surface area contributed by atoms with E-state index in [2.05, 4.69) is 71.1 Å². The molecule has 0 aliphatic rings. The summed E-state index contributed by atoms with van der Waals surface area (Å²) < 4.78 is 6.05. The number of hydrogen-bond acceptors (Lipinski definition) is 2. The Hall–Kier alpha value is -1.28. The molecule has 0 spiro atoms. The standard InChI is InChI=1S/C18H27NO/c1-7-19-17(12(2)3)16-11-13-10-14(18(4,5)6)8-9-15(13)20-16/h8-12,17,19H,7H2,1-6H3. The molecule has 0 saturated heterocycles. The van der Waals surface area contributed by atoms with Gasteiger partial charge in [0.2, 0.25) is 0 Å². The van der Waals surface area contributed by atoms with E-state index in [0.29, 0.717) is 5.92 Å². The second-order valence-corrected chi connectivity index (χ2v) is 6.93. The summed E-state index contributed by atoms with van der Waals surface area (Å²) in [5, 5.41) is 4.72. The van der Waals surface area contributed by atoms with Gasteiger partial charge in [0.05, 0.1) is 6.04 Å². The molecule has 2 nitrogen and oxygen atoms in total. The van der Waals surface area contributed by atoms with E-state index in [4.69, 9.17) is 4.42 Å². The molecular formula is C18H27NO.